The largest absolute Gasteiger partial charge is 0.394 e. The van der Waals surface area contributed by atoms with Crippen LogP contribution in [0.15, 0.2) is 40.2 Å². The van der Waals surface area contributed by atoms with E-state index in [1.54, 1.807) is 17.3 Å². The van der Waals surface area contributed by atoms with Crippen LogP contribution in [0.2, 0.25) is 0 Å². The Balaban J connectivity index is 1.96. The summed E-state index contributed by atoms with van der Waals surface area (Å²) >= 11 is 3.13. The molecule has 0 radical (unpaired) electrons. The minimum atomic E-state index is -0.682. The van der Waals surface area contributed by atoms with Gasteiger partial charge in [-0.2, -0.15) is 0 Å². The number of aliphatic hydroxyl groups is 1. The molecule has 0 fully saturated rings. The molecule has 1 heterocycles. The molecule has 0 bridgehead atoms. The zero-order valence-corrected chi connectivity index (χ0v) is 11.5. The van der Waals surface area contributed by atoms with Gasteiger partial charge in [-0.1, -0.05) is 53.4 Å². The summed E-state index contributed by atoms with van der Waals surface area (Å²) in [6, 6.07) is 9.71. The molecule has 4 nitrogen and oxygen atoms in total. The molecule has 0 aliphatic rings. The van der Waals surface area contributed by atoms with E-state index in [0.717, 1.165) is 15.7 Å². The van der Waals surface area contributed by atoms with Crippen molar-refractivity contribution < 1.29 is 5.11 Å². The van der Waals surface area contributed by atoms with Crippen LogP contribution >= 0.6 is 23.1 Å². The molecular weight excluding hydrogens is 266 g/mol. The van der Waals surface area contributed by atoms with Crippen LogP contribution in [0, 0.1) is 0 Å². The number of thioether (sulfide) groups is 1. The first-order valence-corrected chi connectivity index (χ1v) is 7.45. The number of nitrogens with zero attached hydrogens (tertiary/aromatic N) is 2. The van der Waals surface area contributed by atoms with Crippen molar-refractivity contribution in [3.05, 3.63) is 41.4 Å². The van der Waals surface area contributed by atoms with E-state index in [2.05, 4.69) is 10.2 Å². The molecule has 2 aromatic rings. The smallest absolute Gasteiger partial charge is 0.174 e. The predicted octanol–water partition coefficient (Wildman–Crippen LogP) is 1.87. The molecule has 0 saturated carbocycles. The second-order valence-electron chi connectivity index (χ2n) is 3.98. The highest BCUT2D eigenvalue weighted by molar-refractivity contribution is 8.00. The Kier molecular flexibility index (Phi) is 4.71. The summed E-state index contributed by atoms with van der Waals surface area (Å²) in [4.78, 5) is 0. The average Bonchev–Trinajstić information content (AvgIpc) is 2.93. The highest BCUT2D eigenvalue weighted by atomic mass is 32.2. The molecule has 0 aliphatic carbocycles. The summed E-state index contributed by atoms with van der Waals surface area (Å²) in [5.41, 5.74) is 8.25. The van der Waals surface area contributed by atoms with Crippen molar-refractivity contribution in [2.75, 3.05) is 12.4 Å². The molecular formula is C12H15N3OS2. The first kappa shape index (κ1) is 13.5. The number of hydrogen-bond acceptors (Lipinski definition) is 6. The molecule has 1 atom stereocenters. The lowest BCUT2D eigenvalue weighted by Crippen LogP contribution is -2.41. The van der Waals surface area contributed by atoms with E-state index in [1.165, 1.54) is 11.3 Å². The lowest BCUT2D eigenvalue weighted by molar-refractivity contribution is 0.193. The average molecular weight is 281 g/mol. The van der Waals surface area contributed by atoms with Crippen LogP contribution in [0.5, 0.6) is 0 Å². The number of nitrogens with two attached hydrogens (primary N) is 1. The van der Waals surface area contributed by atoms with Gasteiger partial charge in [0.15, 0.2) is 4.34 Å². The fourth-order valence-electron chi connectivity index (χ4n) is 1.63. The van der Waals surface area contributed by atoms with Gasteiger partial charge in [0.1, 0.15) is 5.51 Å². The summed E-state index contributed by atoms with van der Waals surface area (Å²) in [7, 11) is 0. The van der Waals surface area contributed by atoms with E-state index in [4.69, 9.17) is 5.73 Å². The van der Waals surface area contributed by atoms with Crippen molar-refractivity contribution in [1.82, 2.24) is 10.2 Å². The molecule has 18 heavy (non-hydrogen) atoms. The molecule has 1 aromatic carbocycles. The second kappa shape index (κ2) is 6.29. The lowest BCUT2D eigenvalue weighted by atomic mass is 9.89. The summed E-state index contributed by atoms with van der Waals surface area (Å²) in [5.74, 6) is 0.807. The molecule has 1 aromatic heterocycles. The Hall–Kier alpha value is -0.950. The van der Waals surface area contributed by atoms with Gasteiger partial charge in [-0.3, -0.25) is 0 Å². The van der Waals surface area contributed by atoms with Gasteiger partial charge >= 0.3 is 0 Å². The Bertz CT molecular complexity index is 463. The zero-order chi connectivity index (χ0) is 12.8. The number of hydrogen-bond donors (Lipinski definition) is 2. The van der Waals surface area contributed by atoms with Gasteiger partial charge in [0.25, 0.3) is 0 Å². The zero-order valence-electron chi connectivity index (χ0n) is 9.82. The third-order valence-corrected chi connectivity index (χ3v) is 4.61. The van der Waals surface area contributed by atoms with Gasteiger partial charge in [0.05, 0.1) is 12.1 Å². The normalized spacial score (nSPS) is 14.3. The van der Waals surface area contributed by atoms with Crippen molar-refractivity contribution in [3.8, 4) is 0 Å². The van der Waals surface area contributed by atoms with E-state index >= 15 is 0 Å². The SMILES string of the molecule is NC(CO)(CCSc1nncs1)c1ccccc1. The first-order chi connectivity index (χ1) is 8.74. The topological polar surface area (TPSA) is 72.0 Å². The maximum Gasteiger partial charge on any atom is 0.174 e. The van der Waals surface area contributed by atoms with Crippen molar-refractivity contribution in [3.63, 3.8) is 0 Å². The van der Waals surface area contributed by atoms with Crippen LogP contribution < -0.4 is 5.73 Å². The molecule has 96 valence electrons. The maximum absolute atomic E-state index is 9.54. The first-order valence-electron chi connectivity index (χ1n) is 5.59. The summed E-state index contributed by atoms with van der Waals surface area (Å²) in [6.45, 7) is -0.0618. The standard InChI is InChI=1S/C12H15N3OS2/c13-12(8-16,10-4-2-1-3-5-10)6-7-17-11-15-14-9-18-11/h1-5,9,16H,6-8,13H2. The quantitative estimate of drug-likeness (QED) is 0.791. The van der Waals surface area contributed by atoms with Crippen LogP contribution in [0.25, 0.3) is 0 Å². The van der Waals surface area contributed by atoms with E-state index in [9.17, 15) is 5.11 Å². The minimum absolute atomic E-state index is 0.0618. The van der Waals surface area contributed by atoms with Crippen LogP contribution in [-0.4, -0.2) is 27.7 Å². The number of aliphatic hydroxyl groups excluding tert-OH is 1. The number of rotatable bonds is 6. The van der Waals surface area contributed by atoms with E-state index in [-0.39, 0.29) is 6.61 Å². The van der Waals surface area contributed by atoms with Gasteiger partial charge in [-0.05, 0) is 12.0 Å². The number of benzene rings is 1. The van der Waals surface area contributed by atoms with Gasteiger partial charge in [-0.15, -0.1) is 10.2 Å². The molecule has 0 saturated heterocycles. The molecule has 0 amide bonds. The van der Waals surface area contributed by atoms with Gasteiger partial charge < -0.3 is 10.8 Å². The van der Waals surface area contributed by atoms with Crippen LogP contribution in [0.4, 0.5) is 0 Å². The Morgan fingerprint density at radius 1 is 1.33 bits per heavy atom. The molecule has 3 N–H and O–H groups in total. The van der Waals surface area contributed by atoms with E-state index < -0.39 is 5.54 Å². The van der Waals surface area contributed by atoms with Gasteiger partial charge in [0, 0.05) is 5.75 Å². The monoisotopic (exact) mass is 281 g/mol. The predicted molar refractivity (Wildman–Crippen MR) is 74.6 cm³/mol. The number of aromatic nitrogens is 2. The van der Waals surface area contributed by atoms with Crippen molar-refractivity contribution in [2.45, 2.75) is 16.3 Å². The molecule has 2 rings (SSSR count). The van der Waals surface area contributed by atoms with Crippen molar-refractivity contribution in [1.29, 1.82) is 0 Å². The molecule has 0 spiro atoms. The Morgan fingerprint density at radius 3 is 2.72 bits per heavy atom. The summed E-state index contributed by atoms with van der Waals surface area (Å²) in [6.07, 6.45) is 0.692. The van der Waals surface area contributed by atoms with Crippen LogP contribution in [-0.2, 0) is 5.54 Å². The Labute approximate surface area is 114 Å². The Morgan fingerprint density at radius 2 is 2.11 bits per heavy atom. The highest BCUT2D eigenvalue weighted by Gasteiger charge is 2.25. The van der Waals surface area contributed by atoms with E-state index in [1.807, 2.05) is 30.3 Å². The van der Waals surface area contributed by atoms with Crippen molar-refractivity contribution in [2.24, 2.45) is 5.73 Å². The van der Waals surface area contributed by atoms with E-state index in [0.29, 0.717) is 6.42 Å². The van der Waals surface area contributed by atoms with Crippen LogP contribution in [0.1, 0.15) is 12.0 Å². The molecule has 6 heteroatoms. The highest BCUT2D eigenvalue weighted by Crippen LogP contribution is 2.27. The minimum Gasteiger partial charge on any atom is -0.394 e. The third-order valence-electron chi connectivity index (χ3n) is 2.74. The molecule has 0 aliphatic heterocycles. The second-order valence-corrected chi connectivity index (χ2v) is 6.16. The van der Waals surface area contributed by atoms with Crippen molar-refractivity contribution >= 4 is 23.1 Å². The third kappa shape index (κ3) is 3.29. The molecule has 1 unspecified atom stereocenters. The fourth-order valence-corrected chi connectivity index (χ4v) is 3.31. The van der Waals surface area contributed by atoms with Gasteiger partial charge in [0.2, 0.25) is 0 Å². The lowest BCUT2D eigenvalue weighted by Gasteiger charge is -2.27. The fraction of sp³-hybridized carbons (Fsp3) is 0.333. The summed E-state index contributed by atoms with van der Waals surface area (Å²) in [5, 5.41) is 17.3. The maximum atomic E-state index is 9.54. The van der Waals surface area contributed by atoms with Gasteiger partial charge in [-0.25, -0.2) is 0 Å². The van der Waals surface area contributed by atoms with Crippen LogP contribution in [0.3, 0.4) is 0 Å². The summed E-state index contributed by atoms with van der Waals surface area (Å²) < 4.78 is 0.934.